The molecule has 5 N–H and O–H groups in total. The van der Waals surface area contributed by atoms with Crippen molar-refractivity contribution in [2.24, 2.45) is 5.73 Å². The molecule has 0 bridgehead atoms. The van der Waals surface area contributed by atoms with Gasteiger partial charge in [0, 0.05) is 31.4 Å². The average Bonchev–Trinajstić information content (AvgIpc) is 2.37. The summed E-state index contributed by atoms with van der Waals surface area (Å²) < 4.78 is 0. The van der Waals surface area contributed by atoms with Crippen molar-refractivity contribution < 1.29 is 14.4 Å². The number of carbonyl (C=O) groups excluding carboxylic acids is 3. The second-order valence-corrected chi connectivity index (χ2v) is 3.76. The lowest BCUT2D eigenvalue weighted by molar-refractivity contribution is -0.136. The standard InChI is InChI=1S/C12H16N4O3/c1-8(17)15-9-2-4-10(5-3-9)16-12(19)11(18)14-7-6-13/h2-5H,6-7,13H2,1H3,(H,14,18)(H,15,17)(H,16,19). The van der Waals surface area contributed by atoms with Gasteiger partial charge in [0.25, 0.3) is 0 Å². The second kappa shape index (κ2) is 7.12. The highest BCUT2D eigenvalue weighted by molar-refractivity contribution is 6.39. The minimum absolute atomic E-state index is 0.182. The third-order valence-electron chi connectivity index (χ3n) is 2.10. The fraction of sp³-hybridized carbons (Fsp3) is 0.250. The molecule has 0 fully saturated rings. The van der Waals surface area contributed by atoms with E-state index in [2.05, 4.69) is 16.0 Å². The molecule has 0 aliphatic carbocycles. The molecule has 7 nitrogen and oxygen atoms in total. The fourth-order valence-electron chi connectivity index (χ4n) is 1.29. The van der Waals surface area contributed by atoms with Crippen LogP contribution in [-0.4, -0.2) is 30.8 Å². The van der Waals surface area contributed by atoms with Gasteiger partial charge in [-0.05, 0) is 24.3 Å². The normalized spacial score (nSPS) is 9.58. The van der Waals surface area contributed by atoms with Crippen LogP contribution < -0.4 is 21.7 Å². The van der Waals surface area contributed by atoms with Gasteiger partial charge in [-0.2, -0.15) is 0 Å². The van der Waals surface area contributed by atoms with Crippen LogP contribution in [0, 0.1) is 0 Å². The third kappa shape index (κ3) is 5.17. The molecule has 1 aromatic carbocycles. The van der Waals surface area contributed by atoms with Gasteiger partial charge in [0.2, 0.25) is 5.91 Å². The zero-order valence-corrected chi connectivity index (χ0v) is 10.5. The molecule has 0 aromatic heterocycles. The molecule has 1 rings (SSSR count). The van der Waals surface area contributed by atoms with E-state index in [1.54, 1.807) is 24.3 Å². The summed E-state index contributed by atoms with van der Waals surface area (Å²) in [6, 6.07) is 6.41. The Hall–Kier alpha value is -2.41. The van der Waals surface area contributed by atoms with Crippen LogP contribution in [0.25, 0.3) is 0 Å². The summed E-state index contributed by atoms with van der Waals surface area (Å²) in [5, 5.41) is 7.37. The first kappa shape index (κ1) is 14.7. The van der Waals surface area contributed by atoms with Crippen LogP contribution in [0.3, 0.4) is 0 Å². The molecule has 19 heavy (non-hydrogen) atoms. The topological polar surface area (TPSA) is 113 Å². The van der Waals surface area contributed by atoms with E-state index in [0.29, 0.717) is 11.4 Å². The molecule has 0 aliphatic rings. The Morgan fingerprint density at radius 3 is 2.00 bits per heavy atom. The molecule has 0 spiro atoms. The summed E-state index contributed by atoms with van der Waals surface area (Å²) in [5.41, 5.74) is 6.27. The Bertz CT molecular complexity index is 470. The number of anilines is 2. The van der Waals surface area contributed by atoms with Gasteiger partial charge in [-0.3, -0.25) is 14.4 Å². The Morgan fingerprint density at radius 2 is 1.53 bits per heavy atom. The first-order valence-electron chi connectivity index (χ1n) is 5.70. The zero-order chi connectivity index (χ0) is 14.3. The molecule has 0 saturated heterocycles. The average molecular weight is 264 g/mol. The van der Waals surface area contributed by atoms with E-state index < -0.39 is 11.8 Å². The number of hydrogen-bond donors (Lipinski definition) is 4. The van der Waals surface area contributed by atoms with Crippen LogP contribution in [-0.2, 0) is 14.4 Å². The molecule has 0 atom stereocenters. The van der Waals surface area contributed by atoms with Crippen molar-refractivity contribution >= 4 is 29.1 Å². The smallest absolute Gasteiger partial charge is 0.313 e. The quantitative estimate of drug-likeness (QED) is 0.557. The van der Waals surface area contributed by atoms with Gasteiger partial charge in [0.05, 0.1) is 0 Å². The van der Waals surface area contributed by atoms with Gasteiger partial charge in [0.15, 0.2) is 0 Å². The fourth-order valence-corrected chi connectivity index (χ4v) is 1.29. The number of nitrogens with one attached hydrogen (secondary N) is 3. The lowest BCUT2D eigenvalue weighted by Crippen LogP contribution is -2.37. The summed E-state index contributed by atoms with van der Waals surface area (Å²) >= 11 is 0. The zero-order valence-electron chi connectivity index (χ0n) is 10.5. The Kier molecular flexibility index (Phi) is 5.49. The molecule has 0 radical (unpaired) electrons. The van der Waals surface area contributed by atoms with Crippen LogP contribution in [0.1, 0.15) is 6.92 Å². The highest BCUT2D eigenvalue weighted by Crippen LogP contribution is 2.13. The van der Waals surface area contributed by atoms with Gasteiger partial charge in [-0.25, -0.2) is 0 Å². The van der Waals surface area contributed by atoms with E-state index >= 15 is 0 Å². The van der Waals surface area contributed by atoms with Crippen molar-refractivity contribution in [1.29, 1.82) is 0 Å². The van der Waals surface area contributed by atoms with E-state index in [1.807, 2.05) is 0 Å². The van der Waals surface area contributed by atoms with Crippen LogP contribution in [0.15, 0.2) is 24.3 Å². The summed E-state index contributed by atoms with van der Waals surface area (Å²) in [4.78, 5) is 33.6. The maximum Gasteiger partial charge on any atom is 0.313 e. The summed E-state index contributed by atoms with van der Waals surface area (Å²) in [7, 11) is 0. The number of nitrogens with two attached hydrogens (primary N) is 1. The van der Waals surface area contributed by atoms with Gasteiger partial charge in [-0.15, -0.1) is 0 Å². The van der Waals surface area contributed by atoms with Crippen molar-refractivity contribution in [3.05, 3.63) is 24.3 Å². The van der Waals surface area contributed by atoms with Crippen molar-refractivity contribution in [2.75, 3.05) is 23.7 Å². The van der Waals surface area contributed by atoms with Crippen molar-refractivity contribution in [2.45, 2.75) is 6.92 Å². The van der Waals surface area contributed by atoms with E-state index in [-0.39, 0.29) is 19.0 Å². The molecule has 0 saturated carbocycles. The predicted molar refractivity (Wildman–Crippen MR) is 71.4 cm³/mol. The lowest BCUT2D eigenvalue weighted by Gasteiger charge is -2.07. The van der Waals surface area contributed by atoms with E-state index in [4.69, 9.17) is 5.73 Å². The second-order valence-electron chi connectivity index (χ2n) is 3.76. The van der Waals surface area contributed by atoms with Crippen molar-refractivity contribution in [3.63, 3.8) is 0 Å². The van der Waals surface area contributed by atoms with Crippen molar-refractivity contribution in [1.82, 2.24) is 5.32 Å². The molecule has 0 unspecified atom stereocenters. The first-order valence-corrected chi connectivity index (χ1v) is 5.70. The highest BCUT2D eigenvalue weighted by atomic mass is 16.2. The van der Waals surface area contributed by atoms with Crippen LogP contribution in [0.2, 0.25) is 0 Å². The number of benzene rings is 1. The van der Waals surface area contributed by atoms with Gasteiger partial charge in [0.1, 0.15) is 0 Å². The number of hydrogen-bond acceptors (Lipinski definition) is 4. The van der Waals surface area contributed by atoms with E-state index in [9.17, 15) is 14.4 Å². The Labute approximate surface area is 110 Å². The Balaban J connectivity index is 2.55. The predicted octanol–water partition coefficient (Wildman–Crippen LogP) is -0.342. The maximum absolute atomic E-state index is 11.4. The largest absolute Gasteiger partial charge is 0.347 e. The van der Waals surface area contributed by atoms with Gasteiger partial charge in [-0.1, -0.05) is 0 Å². The molecule has 0 aliphatic heterocycles. The summed E-state index contributed by atoms with van der Waals surface area (Å²) in [5.74, 6) is -1.69. The minimum Gasteiger partial charge on any atom is -0.347 e. The monoisotopic (exact) mass is 264 g/mol. The number of rotatable bonds is 4. The Morgan fingerprint density at radius 1 is 1.00 bits per heavy atom. The van der Waals surface area contributed by atoms with Crippen molar-refractivity contribution in [3.8, 4) is 0 Å². The number of carbonyl (C=O) groups is 3. The van der Waals surface area contributed by atoms with Gasteiger partial charge >= 0.3 is 11.8 Å². The molecule has 1 aromatic rings. The minimum atomic E-state index is -0.763. The molecule has 3 amide bonds. The van der Waals surface area contributed by atoms with Crippen LogP contribution >= 0.6 is 0 Å². The van der Waals surface area contributed by atoms with E-state index in [1.165, 1.54) is 6.92 Å². The summed E-state index contributed by atoms with van der Waals surface area (Å²) in [6.07, 6.45) is 0. The van der Waals surface area contributed by atoms with Crippen LogP contribution in [0.4, 0.5) is 11.4 Å². The maximum atomic E-state index is 11.4. The number of amides is 3. The van der Waals surface area contributed by atoms with E-state index in [0.717, 1.165) is 0 Å². The first-order chi connectivity index (χ1) is 9.02. The SMILES string of the molecule is CC(=O)Nc1ccc(NC(=O)C(=O)NCCN)cc1. The highest BCUT2D eigenvalue weighted by Gasteiger charge is 2.12. The lowest BCUT2D eigenvalue weighted by atomic mass is 10.2. The van der Waals surface area contributed by atoms with Gasteiger partial charge < -0.3 is 21.7 Å². The third-order valence-corrected chi connectivity index (χ3v) is 2.10. The van der Waals surface area contributed by atoms with Crippen LogP contribution in [0.5, 0.6) is 0 Å². The molecule has 0 heterocycles. The molecular weight excluding hydrogens is 248 g/mol. The molecule has 7 heteroatoms. The molecular formula is C12H16N4O3. The molecule has 102 valence electrons. The summed E-state index contributed by atoms with van der Waals surface area (Å²) in [6.45, 7) is 1.91.